The normalized spacial score (nSPS) is 14.7. The Hall–Kier alpha value is -6.48. The molecule has 0 N–H and O–H groups in total. The van der Waals surface area contributed by atoms with Gasteiger partial charge in [-0.05, 0) is 114 Å². The van der Waals surface area contributed by atoms with Crippen LogP contribution in [0.25, 0.3) is 55.3 Å². The molecule has 258 valence electrons. The topological polar surface area (TPSA) is 3.24 Å². The average molecular weight is 765 g/mol. The van der Waals surface area contributed by atoms with E-state index in [9.17, 15) is 0 Å². The maximum absolute atomic E-state index is 3.88. The maximum Gasteiger partial charge on any atom is 0.0726 e. The summed E-state index contributed by atoms with van der Waals surface area (Å²) >= 11 is 3.88. The second kappa shape index (κ2) is 12.6. The quantitative estimate of drug-likeness (QED) is 0.169. The predicted molar refractivity (Wildman–Crippen MR) is 234 cm³/mol. The van der Waals surface area contributed by atoms with Crippen molar-refractivity contribution >= 4 is 43.8 Å². The van der Waals surface area contributed by atoms with Crippen molar-refractivity contribution in [3.05, 3.63) is 233 Å². The van der Waals surface area contributed by atoms with E-state index in [0.29, 0.717) is 0 Å². The third kappa shape index (κ3) is 4.78. The van der Waals surface area contributed by atoms with Crippen molar-refractivity contribution < 1.29 is 0 Å². The second-order valence-electron chi connectivity index (χ2n) is 14.6. The lowest BCUT2D eigenvalue weighted by Gasteiger charge is -2.33. The highest BCUT2D eigenvalue weighted by molar-refractivity contribution is 9.10. The molecule has 0 bridgehead atoms. The van der Waals surface area contributed by atoms with Crippen molar-refractivity contribution in [1.29, 1.82) is 0 Å². The molecule has 0 radical (unpaired) electrons. The molecule has 1 unspecified atom stereocenters. The van der Waals surface area contributed by atoms with E-state index >= 15 is 0 Å². The summed E-state index contributed by atoms with van der Waals surface area (Å²) in [6, 6.07) is 75.9. The molecule has 0 fully saturated rings. The van der Waals surface area contributed by atoms with Gasteiger partial charge in [0.05, 0.1) is 11.1 Å². The minimum Gasteiger partial charge on any atom is -0.310 e. The van der Waals surface area contributed by atoms with Crippen LogP contribution in [0.2, 0.25) is 0 Å². The molecule has 11 rings (SSSR count). The lowest BCUT2D eigenvalue weighted by molar-refractivity contribution is 0.793. The number of hydrogen-bond donors (Lipinski definition) is 0. The number of rotatable bonds is 5. The largest absolute Gasteiger partial charge is 0.310 e. The molecule has 9 aromatic rings. The molecule has 0 aliphatic heterocycles. The zero-order chi connectivity index (χ0) is 36.5. The molecular weight excluding hydrogens is 730 g/mol. The molecule has 2 heteroatoms. The van der Waals surface area contributed by atoms with Crippen LogP contribution >= 0.6 is 15.9 Å². The van der Waals surface area contributed by atoms with Gasteiger partial charge in [-0.3, -0.25) is 0 Å². The van der Waals surface area contributed by atoms with Gasteiger partial charge in [-0.15, -0.1) is 0 Å². The fraction of sp³-hybridized carbons (Fsp3) is 0.0189. The van der Waals surface area contributed by atoms with Crippen molar-refractivity contribution in [2.45, 2.75) is 5.41 Å². The fourth-order valence-electron chi connectivity index (χ4n) is 9.45. The molecule has 1 atom stereocenters. The van der Waals surface area contributed by atoms with Gasteiger partial charge in [-0.1, -0.05) is 180 Å². The van der Waals surface area contributed by atoms with Crippen LogP contribution < -0.4 is 4.90 Å². The highest BCUT2D eigenvalue weighted by Crippen LogP contribution is 2.63. The van der Waals surface area contributed by atoms with Crippen molar-refractivity contribution in [1.82, 2.24) is 0 Å². The van der Waals surface area contributed by atoms with Gasteiger partial charge in [0.1, 0.15) is 0 Å². The number of para-hydroxylation sites is 1. The Balaban J connectivity index is 1.18. The molecular formula is C53H34BrN. The monoisotopic (exact) mass is 763 g/mol. The lowest BCUT2D eigenvalue weighted by atomic mass is 9.70. The van der Waals surface area contributed by atoms with E-state index < -0.39 is 5.41 Å². The second-order valence-corrected chi connectivity index (χ2v) is 15.5. The Labute approximate surface area is 329 Å². The van der Waals surface area contributed by atoms with Crippen LogP contribution in [-0.2, 0) is 5.41 Å². The minimum absolute atomic E-state index is 0.459. The highest BCUT2D eigenvalue weighted by Gasteiger charge is 2.51. The first kappa shape index (κ1) is 32.0. The number of nitrogens with zero attached hydrogens (tertiary/aromatic N) is 1. The Kier molecular flexibility index (Phi) is 7.30. The van der Waals surface area contributed by atoms with Gasteiger partial charge >= 0.3 is 0 Å². The molecule has 55 heavy (non-hydrogen) atoms. The third-order valence-corrected chi connectivity index (χ3v) is 12.2. The number of hydrogen-bond acceptors (Lipinski definition) is 1. The van der Waals surface area contributed by atoms with E-state index in [1.807, 2.05) is 0 Å². The van der Waals surface area contributed by atoms with Crippen LogP contribution in [0.5, 0.6) is 0 Å². The smallest absolute Gasteiger partial charge is 0.0726 e. The molecule has 2 aliphatic carbocycles. The summed E-state index contributed by atoms with van der Waals surface area (Å²) in [6.07, 6.45) is 0. The first-order valence-electron chi connectivity index (χ1n) is 18.9. The van der Waals surface area contributed by atoms with Gasteiger partial charge in [0.2, 0.25) is 0 Å². The number of anilines is 3. The van der Waals surface area contributed by atoms with Gasteiger partial charge < -0.3 is 4.90 Å². The van der Waals surface area contributed by atoms with E-state index in [-0.39, 0.29) is 0 Å². The Morgan fingerprint density at radius 3 is 1.64 bits per heavy atom. The van der Waals surface area contributed by atoms with Crippen molar-refractivity contribution in [3.8, 4) is 44.5 Å². The van der Waals surface area contributed by atoms with E-state index in [1.165, 1.54) is 77.5 Å². The van der Waals surface area contributed by atoms with Crippen LogP contribution in [-0.4, -0.2) is 0 Å². The number of fused-ring (bicyclic) bond motifs is 11. The molecule has 0 saturated heterocycles. The molecule has 0 saturated carbocycles. The minimum atomic E-state index is -0.459. The zero-order valence-electron chi connectivity index (χ0n) is 30.0. The molecule has 2 aliphatic rings. The summed E-state index contributed by atoms with van der Waals surface area (Å²) < 4.78 is 1.09. The average Bonchev–Trinajstić information content (AvgIpc) is 3.71. The summed E-state index contributed by atoms with van der Waals surface area (Å²) in [5.74, 6) is 0. The van der Waals surface area contributed by atoms with Crippen LogP contribution in [0.1, 0.15) is 22.3 Å². The lowest BCUT2D eigenvalue weighted by Crippen LogP contribution is -2.26. The Bertz CT molecular complexity index is 2920. The van der Waals surface area contributed by atoms with Crippen molar-refractivity contribution in [2.24, 2.45) is 0 Å². The van der Waals surface area contributed by atoms with Gasteiger partial charge in [0.15, 0.2) is 0 Å². The van der Waals surface area contributed by atoms with E-state index in [4.69, 9.17) is 0 Å². The summed E-state index contributed by atoms with van der Waals surface area (Å²) in [4.78, 5) is 2.46. The molecule has 0 amide bonds. The van der Waals surface area contributed by atoms with E-state index in [1.54, 1.807) is 0 Å². The third-order valence-electron chi connectivity index (χ3n) is 11.7. The van der Waals surface area contributed by atoms with Crippen LogP contribution in [0.3, 0.4) is 0 Å². The predicted octanol–water partition coefficient (Wildman–Crippen LogP) is 14.7. The summed E-state index contributed by atoms with van der Waals surface area (Å²) in [5, 5.41) is 2.44. The summed E-state index contributed by atoms with van der Waals surface area (Å²) in [6.45, 7) is 0. The molecule has 9 aromatic carbocycles. The molecule has 0 aromatic heterocycles. The zero-order valence-corrected chi connectivity index (χ0v) is 31.5. The maximum atomic E-state index is 3.88. The summed E-state index contributed by atoms with van der Waals surface area (Å²) in [5.41, 5.74) is 18.2. The van der Waals surface area contributed by atoms with Crippen LogP contribution in [0, 0.1) is 0 Å². The van der Waals surface area contributed by atoms with Gasteiger partial charge in [-0.2, -0.15) is 0 Å². The number of halogens is 1. The first-order chi connectivity index (χ1) is 27.2. The van der Waals surface area contributed by atoms with Gasteiger partial charge in [0, 0.05) is 21.4 Å². The molecule has 0 heterocycles. The van der Waals surface area contributed by atoms with Crippen LogP contribution in [0.15, 0.2) is 211 Å². The number of benzene rings is 9. The van der Waals surface area contributed by atoms with Crippen molar-refractivity contribution in [3.63, 3.8) is 0 Å². The highest BCUT2D eigenvalue weighted by atomic mass is 79.9. The van der Waals surface area contributed by atoms with Crippen molar-refractivity contribution in [2.75, 3.05) is 4.90 Å². The van der Waals surface area contributed by atoms with E-state index in [0.717, 1.165) is 21.5 Å². The first-order valence-corrected chi connectivity index (χ1v) is 19.7. The Morgan fingerprint density at radius 1 is 0.364 bits per heavy atom. The molecule has 1 spiro atoms. The van der Waals surface area contributed by atoms with Crippen LogP contribution in [0.4, 0.5) is 17.1 Å². The van der Waals surface area contributed by atoms with Gasteiger partial charge in [0.25, 0.3) is 0 Å². The SMILES string of the molecule is Brc1ccc2c(c1)C1(c3ccccc3-2)c2ccccc2-c2ccc(N(c3ccccc3)c3ccc4ccccc4c3-c3ccc(-c4ccccc4)cc3)cc21. The van der Waals surface area contributed by atoms with E-state index in [2.05, 4.69) is 227 Å². The fourth-order valence-corrected chi connectivity index (χ4v) is 9.81. The molecule has 1 nitrogen and oxygen atoms in total. The standard InChI is InChI=1S/C53H34BrN/c54-39-28-30-45-43-19-9-11-21-47(43)53(49(45)33-39)48-22-12-10-20-44(48)46-31-29-41(34-50(46)53)55(40-16-5-2-6-17-40)51-32-27-37-15-7-8-18-42(37)52(51)38-25-23-36(24-26-38)35-13-3-1-4-14-35/h1-34H. The summed E-state index contributed by atoms with van der Waals surface area (Å²) in [7, 11) is 0. The Morgan fingerprint density at radius 2 is 0.909 bits per heavy atom. The van der Waals surface area contributed by atoms with Gasteiger partial charge in [-0.25, -0.2) is 0 Å².